The maximum absolute atomic E-state index is 12.0. The number of hydrogen-bond donors (Lipinski definition) is 2. The fraction of sp³-hybridized carbons (Fsp3) is 0.375. The Bertz CT molecular complexity index is 692. The van der Waals surface area contributed by atoms with Gasteiger partial charge in [0.1, 0.15) is 18.5 Å². The van der Waals surface area contributed by atoms with E-state index in [1.165, 1.54) is 6.92 Å². The van der Waals surface area contributed by atoms with Crippen LogP contribution >= 0.6 is 0 Å². The highest BCUT2D eigenvalue weighted by Crippen LogP contribution is 2.15. The zero-order valence-electron chi connectivity index (χ0n) is 13.1. The molecule has 24 heavy (non-hydrogen) atoms. The average molecular weight is 341 g/mol. The summed E-state index contributed by atoms with van der Waals surface area (Å²) in [4.78, 5) is 16.0. The van der Waals surface area contributed by atoms with Gasteiger partial charge in [0.05, 0.1) is 5.52 Å². The van der Waals surface area contributed by atoms with Crippen molar-refractivity contribution in [2.45, 2.75) is 19.2 Å². The monoisotopic (exact) mass is 341 g/mol. The van der Waals surface area contributed by atoms with Gasteiger partial charge in [0, 0.05) is 18.5 Å². The molecule has 1 aromatic heterocycles. The first kappa shape index (κ1) is 18.0. The lowest BCUT2D eigenvalue weighted by atomic mass is 10.2. The normalized spacial score (nSPS) is 12.8. The number of nitrogens with zero attached hydrogens (tertiary/aromatic N) is 1. The van der Waals surface area contributed by atoms with Gasteiger partial charge in [-0.2, -0.15) is 13.2 Å². The summed E-state index contributed by atoms with van der Waals surface area (Å²) in [5.74, 6) is 0.0665. The van der Waals surface area contributed by atoms with E-state index in [-0.39, 0.29) is 6.54 Å². The molecule has 2 N–H and O–H groups in total. The number of para-hydroxylation sites is 1. The number of carbonyl (C=O) groups is 1. The van der Waals surface area contributed by atoms with Crippen LogP contribution in [0.2, 0.25) is 0 Å². The summed E-state index contributed by atoms with van der Waals surface area (Å²) in [5.41, 5.74) is 0.848. The number of fused-ring (bicyclic) bond motifs is 1. The molecule has 5 nitrogen and oxygen atoms in total. The molecular formula is C16H18F3N3O2. The van der Waals surface area contributed by atoms with Gasteiger partial charge in [0.15, 0.2) is 0 Å². The van der Waals surface area contributed by atoms with E-state index >= 15 is 0 Å². The number of rotatable bonds is 7. The third kappa shape index (κ3) is 5.69. The Morgan fingerprint density at radius 3 is 2.71 bits per heavy atom. The van der Waals surface area contributed by atoms with Crippen LogP contribution in [0.3, 0.4) is 0 Å². The smallest absolute Gasteiger partial charge is 0.368 e. The molecule has 0 saturated heterocycles. The van der Waals surface area contributed by atoms with Gasteiger partial charge in [-0.05, 0) is 25.1 Å². The lowest BCUT2D eigenvalue weighted by molar-refractivity contribution is -0.185. The van der Waals surface area contributed by atoms with Crippen LogP contribution in [0.15, 0.2) is 36.4 Å². The highest BCUT2D eigenvalue weighted by Gasteiger charge is 2.29. The maximum Gasteiger partial charge on any atom is 0.411 e. The minimum Gasteiger partial charge on any atom is -0.368 e. The zero-order valence-corrected chi connectivity index (χ0v) is 13.1. The number of amides is 1. The van der Waals surface area contributed by atoms with Gasteiger partial charge in [0.25, 0.3) is 0 Å². The number of pyridine rings is 1. The van der Waals surface area contributed by atoms with Crippen LogP contribution in [0, 0.1) is 0 Å². The quantitative estimate of drug-likeness (QED) is 0.760. The molecule has 0 aliphatic rings. The first-order chi connectivity index (χ1) is 11.3. The predicted molar refractivity (Wildman–Crippen MR) is 84.7 cm³/mol. The number of ether oxygens (including phenoxy) is 1. The fourth-order valence-corrected chi connectivity index (χ4v) is 1.98. The second-order valence-electron chi connectivity index (χ2n) is 5.18. The number of carbonyl (C=O) groups excluding carboxylic acids is 1. The third-order valence-electron chi connectivity index (χ3n) is 3.19. The minimum atomic E-state index is -4.45. The van der Waals surface area contributed by atoms with Crippen molar-refractivity contribution < 1.29 is 22.7 Å². The van der Waals surface area contributed by atoms with E-state index in [1.54, 1.807) is 0 Å². The van der Waals surface area contributed by atoms with Crippen LogP contribution in [0.1, 0.15) is 6.92 Å². The molecular weight excluding hydrogens is 323 g/mol. The molecule has 0 aliphatic heterocycles. The molecule has 0 bridgehead atoms. The molecule has 0 spiro atoms. The van der Waals surface area contributed by atoms with E-state index in [1.807, 2.05) is 36.4 Å². The Balaban J connectivity index is 1.72. The highest BCUT2D eigenvalue weighted by atomic mass is 19.4. The van der Waals surface area contributed by atoms with Crippen molar-refractivity contribution in [3.8, 4) is 0 Å². The van der Waals surface area contributed by atoms with Crippen LogP contribution in [-0.2, 0) is 9.53 Å². The fourth-order valence-electron chi connectivity index (χ4n) is 1.98. The molecule has 8 heteroatoms. The van der Waals surface area contributed by atoms with E-state index < -0.39 is 24.8 Å². The van der Waals surface area contributed by atoms with Crippen molar-refractivity contribution in [3.63, 3.8) is 0 Å². The number of alkyl halides is 3. The predicted octanol–water partition coefficient (Wildman–Crippen LogP) is 2.73. The van der Waals surface area contributed by atoms with Crippen molar-refractivity contribution in [2.24, 2.45) is 0 Å². The molecule has 1 heterocycles. The molecule has 1 atom stereocenters. The Morgan fingerprint density at radius 2 is 1.96 bits per heavy atom. The van der Waals surface area contributed by atoms with Gasteiger partial charge in [-0.1, -0.05) is 18.2 Å². The Hall–Kier alpha value is -2.35. The van der Waals surface area contributed by atoms with Crippen LogP contribution < -0.4 is 10.6 Å². The first-order valence-electron chi connectivity index (χ1n) is 7.41. The average Bonchev–Trinajstić information content (AvgIpc) is 2.55. The van der Waals surface area contributed by atoms with E-state index in [9.17, 15) is 18.0 Å². The Morgan fingerprint density at radius 1 is 1.21 bits per heavy atom. The summed E-state index contributed by atoms with van der Waals surface area (Å²) < 4.78 is 40.5. The summed E-state index contributed by atoms with van der Waals surface area (Å²) in [6, 6.07) is 11.4. The third-order valence-corrected chi connectivity index (χ3v) is 3.19. The van der Waals surface area contributed by atoms with Crippen molar-refractivity contribution in [1.82, 2.24) is 10.3 Å². The lowest BCUT2D eigenvalue weighted by Crippen LogP contribution is -2.38. The standard InChI is InChI=1S/C16H18F3N3O2/c1-11(24-10-16(17,18)19)15(23)21-9-8-20-14-7-6-12-4-2-3-5-13(12)22-14/h2-7,11H,8-10H2,1H3,(H,20,22)(H,21,23). The molecule has 0 saturated carbocycles. The number of halogens is 3. The first-order valence-corrected chi connectivity index (χ1v) is 7.41. The maximum atomic E-state index is 12.0. The second-order valence-corrected chi connectivity index (χ2v) is 5.18. The zero-order chi connectivity index (χ0) is 17.6. The van der Waals surface area contributed by atoms with E-state index in [0.717, 1.165) is 10.9 Å². The van der Waals surface area contributed by atoms with E-state index in [4.69, 9.17) is 0 Å². The van der Waals surface area contributed by atoms with Gasteiger partial charge in [-0.25, -0.2) is 4.98 Å². The summed E-state index contributed by atoms with van der Waals surface area (Å²) in [5, 5.41) is 6.57. The summed E-state index contributed by atoms with van der Waals surface area (Å²) in [6.07, 6.45) is -5.61. The number of anilines is 1. The van der Waals surface area contributed by atoms with Crippen LogP contribution in [0.4, 0.5) is 19.0 Å². The van der Waals surface area contributed by atoms with Crippen molar-refractivity contribution in [2.75, 3.05) is 25.0 Å². The molecule has 1 amide bonds. The van der Waals surface area contributed by atoms with Gasteiger partial charge in [-0.15, -0.1) is 0 Å². The topological polar surface area (TPSA) is 63.2 Å². The van der Waals surface area contributed by atoms with Crippen molar-refractivity contribution >= 4 is 22.6 Å². The number of hydrogen-bond acceptors (Lipinski definition) is 4. The Kier molecular flexibility index (Phi) is 5.97. The summed E-state index contributed by atoms with van der Waals surface area (Å²) in [7, 11) is 0. The van der Waals surface area contributed by atoms with Gasteiger partial charge in [0.2, 0.25) is 5.91 Å². The Labute approximate surface area is 137 Å². The minimum absolute atomic E-state index is 0.243. The van der Waals surface area contributed by atoms with Crippen molar-refractivity contribution in [1.29, 1.82) is 0 Å². The van der Waals surface area contributed by atoms with Gasteiger partial charge < -0.3 is 15.4 Å². The highest BCUT2D eigenvalue weighted by molar-refractivity contribution is 5.80. The molecule has 0 radical (unpaired) electrons. The van der Waals surface area contributed by atoms with Crippen LogP contribution in [0.5, 0.6) is 0 Å². The van der Waals surface area contributed by atoms with Crippen LogP contribution in [-0.4, -0.2) is 42.9 Å². The van der Waals surface area contributed by atoms with Crippen LogP contribution in [0.25, 0.3) is 10.9 Å². The summed E-state index contributed by atoms with van der Waals surface area (Å²) in [6.45, 7) is 0.469. The molecule has 2 aromatic rings. The number of benzene rings is 1. The SMILES string of the molecule is CC(OCC(F)(F)F)C(=O)NCCNc1ccc2ccccc2n1. The largest absolute Gasteiger partial charge is 0.411 e. The second kappa shape index (κ2) is 7.96. The van der Waals surface area contributed by atoms with Crippen molar-refractivity contribution in [3.05, 3.63) is 36.4 Å². The van der Waals surface area contributed by atoms with E-state index in [2.05, 4.69) is 20.4 Å². The van der Waals surface area contributed by atoms with E-state index in [0.29, 0.717) is 12.4 Å². The lowest BCUT2D eigenvalue weighted by Gasteiger charge is -2.15. The molecule has 1 aromatic carbocycles. The summed E-state index contributed by atoms with van der Waals surface area (Å²) >= 11 is 0. The molecule has 1 unspecified atom stereocenters. The molecule has 130 valence electrons. The molecule has 2 rings (SSSR count). The number of aromatic nitrogens is 1. The van der Waals surface area contributed by atoms with Gasteiger partial charge in [-0.3, -0.25) is 4.79 Å². The number of nitrogens with one attached hydrogen (secondary N) is 2. The molecule has 0 aliphatic carbocycles. The molecule has 0 fully saturated rings. The van der Waals surface area contributed by atoms with Gasteiger partial charge >= 0.3 is 6.18 Å².